The Bertz CT molecular complexity index is 645. The van der Waals surface area contributed by atoms with Gasteiger partial charge in [0.25, 0.3) is 0 Å². The SMILES string of the molecule is C[Si](C)(C)C#C[C@H]1O[C@H]([C@H](O)CO)[C@H](OCc2ccccc2)C=C1Br. The quantitative estimate of drug-likeness (QED) is 0.563. The molecule has 0 aliphatic carbocycles. The van der Waals surface area contributed by atoms with E-state index in [1.165, 1.54) is 0 Å². The first kappa shape index (κ1) is 20.4. The van der Waals surface area contributed by atoms with Gasteiger partial charge in [0.05, 0.1) is 13.2 Å². The van der Waals surface area contributed by atoms with Crippen molar-refractivity contribution >= 4 is 24.0 Å². The molecule has 25 heavy (non-hydrogen) atoms. The minimum absolute atomic E-state index is 0.393. The molecule has 0 fully saturated rings. The van der Waals surface area contributed by atoms with Crippen molar-refractivity contribution in [1.82, 2.24) is 0 Å². The molecule has 1 heterocycles. The summed E-state index contributed by atoms with van der Waals surface area (Å²) >= 11 is 3.51. The van der Waals surface area contributed by atoms with Gasteiger partial charge in [0.1, 0.15) is 32.5 Å². The van der Waals surface area contributed by atoms with Gasteiger partial charge in [-0.1, -0.05) is 71.8 Å². The zero-order chi connectivity index (χ0) is 18.4. The molecule has 0 unspecified atom stereocenters. The molecular formula is C19H25BrO4Si. The molecule has 0 spiro atoms. The number of aliphatic hydroxyl groups excluding tert-OH is 2. The second kappa shape index (κ2) is 9.13. The highest BCUT2D eigenvalue weighted by Gasteiger charge is 2.36. The van der Waals surface area contributed by atoms with Crippen LogP contribution in [0.25, 0.3) is 0 Å². The third-order valence-corrected chi connectivity index (χ3v) is 5.20. The molecule has 4 atom stereocenters. The second-order valence-corrected chi connectivity index (χ2v) is 12.7. The molecule has 0 saturated heterocycles. The Balaban J connectivity index is 2.15. The number of benzene rings is 1. The Kier molecular flexibility index (Phi) is 7.44. The van der Waals surface area contributed by atoms with Crippen molar-refractivity contribution in [2.45, 2.75) is 50.7 Å². The predicted molar refractivity (Wildman–Crippen MR) is 105 cm³/mol. The van der Waals surface area contributed by atoms with E-state index in [0.717, 1.165) is 10.0 Å². The summed E-state index contributed by atoms with van der Waals surface area (Å²) in [5, 5.41) is 19.5. The summed E-state index contributed by atoms with van der Waals surface area (Å²) in [5.74, 6) is 3.14. The van der Waals surface area contributed by atoms with Crippen LogP contribution in [0.15, 0.2) is 40.9 Å². The van der Waals surface area contributed by atoms with Crippen molar-refractivity contribution in [3.05, 3.63) is 46.5 Å². The fraction of sp³-hybridized carbons (Fsp3) is 0.474. The van der Waals surface area contributed by atoms with E-state index in [1.54, 1.807) is 0 Å². The van der Waals surface area contributed by atoms with Crippen molar-refractivity contribution in [2.24, 2.45) is 0 Å². The molecule has 4 nitrogen and oxygen atoms in total. The van der Waals surface area contributed by atoms with E-state index in [4.69, 9.17) is 9.47 Å². The van der Waals surface area contributed by atoms with Crippen LogP contribution in [0.4, 0.5) is 0 Å². The average Bonchev–Trinajstić information content (AvgIpc) is 2.58. The summed E-state index contributed by atoms with van der Waals surface area (Å²) in [4.78, 5) is 0. The molecule has 6 heteroatoms. The van der Waals surface area contributed by atoms with Crippen molar-refractivity contribution in [1.29, 1.82) is 0 Å². The Morgan fingerprint density at radius 3 is 2.56 bits per heavy atom. The molecule has 136 valence electrons. The second-order valence-electron chi connectivity index (χ2n) is 7.06. The van der Waals surface area contributed by atoms with Gasteiger partial charge in [-0.25, -0.2) is 0 Å². The lowest BCUT2D eigenvalue weighted by molar-refractivity contribution is -0.133. The van der Waals surface area contributed by atoms with Crippen LogP contribution >= 0.6 is 15.9 Å². The maximum atomic E-state index is 10.1. The first-order valence-electron chi connectivity index (χ1n) is 8.30. The molecule has 0 radical (unpaired) electrons. The zero-order valence-electron chi connectivity index (χ0n) is 14.8. The average molecular weight is 425 g/mol. The summed E-state index contributed by atoms with van der Waals surface area (Å²) < 4.78 is 12.7. The summed E-state index contributed by atoms with van der Waals surface area (Å²) in [5.41, 5.74) is 4.31. The van der Waals surface area contributed by atoms with Gasteiger partial charge >= 0.3 is 0 Å². The lowest BCUT2D eigenvalue weighted by atomic mass is 10.0. The first-order chi connectivity index (χ1) is 11.8. The van der Waals surface area contributed by atoms with Gasteiger partial charge in [-0.05, 0) is 11.6 Å². The van der Waals surface area contributed by atoms with Crippen LogP contribution in [0.2, 0.25) is 19.6 Å². The molecule has 0 saturated carbocycles. The minimum Gasteiger partial charge on any atom is -0.394 e. The molecule has 0 aromatic heterocycles. The van der Waals surface area contributed by atoms with Crippen LogP contribution < -0.4 is 0 Å². The van der Waals surface area contributed by atoms with Gasteiger partial charge in [-0.2, -0.15) is 0 Å². The summed E-state index contributed by atoms with van der Waals surface area (Å²) in [6.45, 7) is 6.48. The summed E-state index contributed by atoms with van der Waals surface area (Å²) in [6.07, 6.45) is -0.750. The van der Waals surface area contributed by atoms with Gasteiger partial charge in [0, 0.05) is 4.48 Å². The van der Waals surface area contributed by atoms with Crippen LogP contribution in [-0.4, -0.2) is 49.3 Å². The van der Waals surface area contributed by atoms with Crippen molar-refractivity contribution in [2.75, 3.05) is 6.61 Å². The molecule has 1 aromatic rings. The normalized spacial score (nSPS) is 24.9. The highest BCUT2D eigenvalue weighted by molar-refractivity contribution is 9.11. The maximum absolute atomic E-state index is 10.1. The number of aliphatic hydroxyl groups is 2. The van der Waals surface area contributed by atoms with E-state index >= 15 is 0 Å². The lowest BCUT2D eigenvalue weighted by Crippen LogP contribution is -2.47. The van der Waals surface area contributed by atoms with Crippen LogP contribution in [0.1, 0.15) is 5.56 Å². The molecular weight excluding hydrogens is 400 g/mol. The topological polar surface area (TPSA) is 58.9 Å². The van der Waals surface area contributed by atoms with E-state index in [1.807, 2.05) is 36.4 Å². The van der Waals surface area contributed by atoms with Crippen LogP contribution in [0.5, 0.6) is 0 Å². The number of hydrogen-bond donors (Lipinski definition) is 2. The number of halogens is 1. The first-order valence-corrected chi connectivity index (χ1v) is 12.6. The van der Waals surface area contributed by atoms with Gasteiger partial charge in [-0.15, -0.1) is 5.54 Å². The monoisotopic (exact) mass is 424 g/mol. The van der Waals surface area contributed by atoms with Gasteiger partial charge in [-0.3, -0.25) is 0 Å². The predicted octanol–water partition coefficient (Wildman–Crippen LogP) is 2.85. The Labute approximate surface area is 159 Å². The maximum Gasteiger partial charge on any atom is 0.149 e. The van der Waals surface area contributed by atoms with E-state index in [9.17, 15) is 10.2 Å². The highest BCUT2D eigenvalue weighted by Crippen LogP contribution is 2.28. The number of ether oxygens (including phenoxy) is 2. The van der Waals surface area contributed by atoms with Crippen molar-refractivity contribution in [3.63, 3.8) is 0 Å². The van der Waals surface area contributed by atoms with Crippen molar-refractivity contribution in [3.8, 4) is 11.5 Å². The standard InChI is InChI=1S/C19H25BrO4Si/c1-25(2,3)10-9-17-15(20)11-18(19(24-17)16(22)12-21)23-13-14-7-5-4-6-8-14/h4-8,11,16-19,21-22H,12-13H2,1-3H3/t16-,17-,18-,19-/m1/s1. The highest BCUT2D eigenvalue weighted by atomic mass is 79.9. The van der Waals surface area contributed by atoms with Gasteiger partial charge in [0.2, 0.25) is 0 Å². The fourth-order valence-electron chi connectivity index (χ4n) is 2.35. The van der Waals surface area contributed by atoms with E-state index in [-0.39, 0.29) is 0 Å². The number of rotatable bonds is 5. The van der Waals surface area contributed by atoms with Crippen LogP contribution in [0, 0.1) is 11.5 Å². The lowest BCUT2D eigenvalue weighted by Gasteiger charge is -2.34. The Morgan fingerprint density at radius 1 is 1.28 bits per heavy atom. The van der Waals surface area contributed by atoms with Crippen molar-refractivity contribution < 1.29 is 19.7 Å². The zero-order valence-corrected chi connectivity index (χ0v) is 17.4. The third kappa shape index (κ3) is 6.37. The molecule has 1 aliphatic rings. The fourth-order valence-corrected chi connectivity index (χ4v) is 3.39. The molecule has 1 aromatic carbocycles. The molecule has 0 amide bonds. The summed E-state index contributed by atoms with van der Waals surface area (Å²) in [7, 11) is -1.54. The Morgan fingerprint density at radius 2 is 1.96 bits per heavy atom. The third-order valence-electron chi connectivity index (χ3n) is 3.62. The van der Waals surface area contributed by atoms with E-state index in [0.29, 0.717) is 6.61 Å². The van der Waals surface area contributed by atoms with E-state index in [2.05, 4.69) is 47.0 Å². The molecule has 2 rings (SSSR count). The van der Waals surface area contributed by atoms with E-state index < -0.39 is 39.1 Å². The summed E-state index contributed by atoms with van der Waals surface area (Å²) in [6, 6.07) is 9.79. The minimum atomic E-state index is -1.54. The van der Waals surface area contributed by atoms with Crippen LogP contribution in [0.3, 0.4) is 0 Å². The van der Waals surface area contributed by atoms with Gasteiger partial charge < -0.3 is 19.7 Å². The largest absolute Gasteiger partial charge is 0.394 e. The molecule has 2 N–H and O–H groups in total. The Hall–Kier alpha value is -0.943. The number of hydrogen-bond acceptors (Lipinski definition) is 4. The molecule has 0 bridgehead atoms. The molecule has 1 aliphatic heterocycles. The van der Waals surface area contributed by atoms with Crippen LogP contribution in [-0.2, 0) is 16.1 Å². The van der Waals surface area contributed by atoms with Gasteiger partial charge in [0.15, 0.2) is 0 Å². The smallest absolute Gasteiger partial charge is 0.149 e.